The third kappa shape index (κ3) is 7.84. The summed E-state index contributed by atoms with van der Waals surface area (Å²) >= 11 is 6.01. The average Bonchev–Trinajstić information content (AvgIpc) is 2.74. The summed E-state index contributed by atoms with van der Waals surface area (Å²) in [7, 11) is 0. The van der Waals surface area contributed by atoms with E-state index in [-0.39, 0.29) is 5.91 Å². The molecule has 0 radical (unpaired) electrons. The van der Waals surface area contributed by atoms with Gasteiger partial charge in [0.2, 0.25) is 6.41 Å². The summed E-state index contributed by atoms with van der Waals surface area (Å²) in [5, 5.41) is 12.6. The quantitative estimate of drug-likeness (QED) is 0.441. The monoisotopic (exact) mass is 414 g/mol. The van der Waals surface area contributed by atoms with E-state index >= 15 is 0 Å². The summed E-state index contributed by atoms with van der Waals surface area (Å²) in [6.07, 6.45) is 3.48. The minimum atomic E-state index is -0.306. The van der Waals surface area contributed by atoms with Gasteiger partial charge >= 0.3 is 0 Å². The lowest BCUT2D eigenvalue weighted by Gasteiger charge is -2.10. The second kappa shape index (κ2) is 13.2. The normalized spacial score (nSPS) is 9.48. The number of aryl methyl sites for hydroxylation is 1. The minimum Gasteiger partial charge on any atom is -0.385 e. The van der Waals surface area contributed by atoms with Crippen LogP contribution in [0.3, 0.4) is 0 Å². The molecule has 2 aromatic rings. The minimum absolute atomic E-state index is 0.306. The van der Waals surface area contributed by atoms with Crippen LogP contribution >= 0.6 is 11.6 Å². The van der Waals surface area contributed by atoms with E-state index < -0.39 is 0 Å². The summed E-state index contributed by atoms with van der Waals surface area (Å²) < 4.78 is 0. The Labute approximate surface area is 177 Å². The fourth-order valence-electron chi connectivity index (χ4n) is 2.55. The van der Waals surface area contributed by atoms with Gasteiger partial charge in [0.15, 0.2) is 0 Å². The van der Waals surface area contributed by atoms with Gasteiger partial charge in [-0.05, 0) is 55.2 Å². The lowest BCUT2D eigenvalue weighted by molar-refractivity contribution is -0.110. The van der Waals surface area contributed by atoms with Crippen molar-refractivity contribution in [3.05, 3.63) is 63.7 Å². The van der Waals surface area contributed by atoms with Crippen LogP contribution < -0.4 is 16.2 Å². The van der Waals surface area contributed by atoms with Gasteiger partial charge in [0.1, 0.15) is 6.07 Å². The van der Waals surface area contributed by atoms with Crippen molar-refractivity contribution in [3.63, 3.8) is 0 Å². The first-order valence-electron chi connectivity index (χ1n) is 9.49. The molecular formula is C22H27ClN4O2. The molecule has 0 saturated heterocycles. The van der Waals surface area contributed by atoms with Gasteiger partial charge in [-0.2, -0.15) is 5.26 Å². The number of halogens is 1. The highest BCUT2D eigenvalue weighted by atomic mass is 35.5. The highest BCUT2D eigenvalue weighted by Crippen LogP contribution is 2.26. The summed E-state index contributed by atoms with van der Waals surface area (Å²) in [4.78, 5) is 21.4. The molecule has 0 aromatic heterocycles. The van der Waals surface area contributed by atoms with Gasteiger partial charge in [-0.1, -0.05) is 44.0 Å². The van der Waals surface area contributed by atoms with Gasteiger partial charge in [0.05, 0.1) is 10.6 Å². The number of benzene rings is 2. The third-order valence-electron chi connectivity index (χ3n) is 4.04. The van der Waals surface area contributed by atoms with Gasteiger partial charge in [-0.3, -0.25) is 20.4 Å². The number of nitrogens with zero attached hydrogens (tertiary/aromatic N) is 1. The maximum Gasteiger partial charge on any atom is 0.269 e. The van der Waals surface area contributed by atoms with Crippen LogP contribution in [0.5, 0.6) is 0 Å². The molecule has 0 bridgehead atoms. The fraction of sp³-hybridized carbons (Fsp3) is 0.318. The highest BCUT2D eigenvalue weighted by molar-refractivity contribution is 6.32. The van der Waals surface area contributed by atoms with E-state index in [1.54, 1.807) is 12.1 Å². The molecule has 0 aliphatic carbocycles. The summed E-state index contributed by atoms with van der Waals surface area (Å²) in [6.45, 7) is 7.03. The summed E-state index contributed by atoms with van der Waals surface area (Å²) in [6, 6.07) is 13.0. The Morgan fingerprint density at radius 1 is 1.21 bits per heavy atom. The zero-order valence-electron chi connectivity index (χ0n) is 17.0. The van der Waals surface area contributed by atoms with Crippen molar-refractivity contribution in [2.24, 2.45) is 0 Å². The van der Waals surface area contributed by atoms with Crippen molar-refractivity contribution in [2.75, 3.05) is 11.9 Å². The molecule has 0 saturated carbocycles. The third-order valence-corrected chi connectivity index (χ3v) is 4.53. The van der Waals surface area contributed by atoms with Crippen molar-refractivity contribution in [3.8, 4) is 6.07 Å². The number of nitriles is 1. The van der Waals surface area contributed by atoms with Crippen LogP contribution in [0.1, 0.15) is 53.7 Å². The van der Waals surface area contributed by atoms with Crippen molar-refractivity contribution in [2.45, 2.75) is 40.0 Å². The van der Waals surface area contributed by atoms with Gasteiger partial charge in [-0.25, -0.2) is 0 Å². The average molecular weight is 415 g/mol. The number of rotatable bonds is 8. The number of hydrazine groups is 1. The first-order valence-corrected chi connectivity index (χ1v) is 9.87. The highest BCUT2D eigenvalue weighted by Gasteiger charge is 2.06. The Morgan fingerprint density at radius 3 is 2.59 bits per heavy atom. The topological polar surface area (TPSA) is 94.0 Å². The van der Waals surface area contributed by atoms with E-state index in [2.05, 4.69) is 36.1 Å². The van der Waals surface area contributed by atoms with Crippen LogP contribution in [-0.4, -0.2) is 18.9 Å². The van der Waals surface area contributed by atoms with Crippen LogP contribution in [0.15, 0.2) is 36.4 Å². The number of nitrogens with one attached hydrogen (secondary N) is 3. The molecule has 2 rings (SSSR count). The SMILES string of the molecule is CCCNc1ccc(C#N)c(Cl)c1C.CCCc1cccc(C(=O)NNC=O)c1. The molecule has 154 valence electrons. The molecule has 7 heteroatoms. The predicted octanol–water partition coefficient (Wildman–Crippen LogP) is 4.37. The van der Waals surface area contributed by atoms with Crippen molar-refractivity contribution >= 4 is 29.6 Å². The summed E-state index contributed by atoms with van der Waals surface area (Å²) in [5.74, 6) is -0.306. The number of carbonyl (C=O) groups is 2. The molecule has 2 amide bonds. The Balaban J connectivity index is 0.000000291. The molecule has 0 heterocycles. The zero-order chi connectivity index (χ0) is 21.6. The summed E-state index contributed by atoms with van der Waals surface area (Å²) in [5.41, 5.74) is 8.54. The number of hydrogen-bond donors (Lipinski definition) is 3. The molecule has 0 spiro atoms. The van der Waals surface area contributed by atoms with Crippen LogP contribution in [0.25, 0.3) is 0 Å². The van der Waals surface area contributed by atoms with Crippen molar-refractivity contribution in [1.29, 1.82) is 5.26 Å². The molecule has 29 heavy (non-hydrogen) atoms. The largest absolute Gasteiger partial charge is 0.385 e. The molecule has 0 aliphatic heterocycles. The van der Waals surface area contributed by atoms with E-state index in [9.17, 15) is 9.59 Å². The van der Waals surface area contributed by atoms with E-state index in [0.717, 1.165) is 42.6 Å². The lowest BCUT2D eigenvalue weighted by atomic mass is 10.1. The molecule has 0 unspecified atom stereocenters. The molecular weight excluding hydrogens is 388 g/mol. The predicted molar refractivity (Wildman–Crippen MR) is 117 cm³/mol. The number of hydrogen-bond acceptors (Lipinski definition) is 4. The molecule has 6 nitrogen and oxygen atoms in total. The lowest BCUT2D eigenvalue weighted by Crippen LogP contribution is -2.36. The molecule has 0 atom stereocenters. The number of anilines is 1. The van der Waals surface area contributed by atoms with Crippen LogP contribution in [0, 0.1) is 18.3 Å². The van der Waals surface area contributed by atoms with Crippen molar-refractivity contribution < 1.29 is 9.59 Å². The smallest absolute Gasteiger partial charge is 0.269 e. The fourth-order valence-corrected chi connectivity index (χ4v) is 2.75. The maximum atomic E-state index is 11.4. The second-order valence-corrected chi connectivity index (χ2v) is 6.68. The molecule has 3 N–H and O–H groups in total. The van der Waals surface area contributed by atoms with E-state index in [4.69, 9.17) is 16.9 Å². The van der Waals surface area contributed by atoms with Gasteiger partial charge in [0, 0.05) is 17.8 Å². The molecule has 0 aliphatic rings. The number of carbonyl (C=O) groups excluding carboxylic acids is 2. The first kappa shape index (κ1) is 24.0. The van der Waals surface area contributed by atoms with Gasteiger partial charge in [-0.15, -0.1) is 0 Å². The van der Waals surface area contributed by atoms with Crippen LogP contribution in [0.4, 0.5) is 5.69 Å². The van der Waals surface area contributed by atoms with Gasteiger partial charge in [0.25, 0.3) is 5.91 Å². The van der Waals surface area contributed by atoms with Crippen molar-refractivity contribution in [1.82, 2.24) is 10.9 Å². The first-order chi connectivity index (χ1) is 14.0. The van der Waals surface area contributed by atoms with E-state index in [1.807, 2.05) is 31.2 Å². The van der Waals surface area contributed by atoms with Crippen LogP contribution in [0.2, 0.25) is 5.02 Å². The van der Waals surface area contributed by atoms with Crippen LogP contribution in [-0.2, 0) is 11.2 Å². The van der Waals surface area contributed by atoms with E-state index in [0.29, 0.717) is 22.6 Å². The Bertz CT molecular complexity index is 862. The Hall–Kier alpha value is -3.04. The zero-order valence-corrected chi connectivity index (χ0v) is 17.8. The Kier molecular flexibility index (Phi) is 10.9. The molecule has 0 fully saturated rings. The Morgan fingerprint density at radius 2 is 1.97 bits per heavy atom. The maximum absolute atomic E-state index is 11.4. The molecule has 2 aromatic carbocycles. The van der Waals surface area contributed by atoms with E-state index in [1.165, 1.54) is 0 Å². The van der Waals surface area contributed by atoms with Gasteiger partial charge < -0.3 is 5.32 Å². The standard InChI is InChI=1S/C11H13ClN2.C11H14N2O2/c1-3-6-14-10-5-4-9(7-13)11(12)8(10)2;1-2-4-9-5-3-6-10(7-9)11(15)13-12-8-14/h4-5,14H,3,6H2,1-2H3;3,5-8H,2,4H2,1H3,(H,12,14)(H,13,15). The number of amides is 2. The second-order valence-electron chi connectivity index (χ2n) is 6.30.